The van der Waals surface area contributed by atoms with Crippen molar-refractivity contribution < 1.29 is 27.8 Å². The highest BCUT2D eigenvalue weighted by atomic mass is 19.4. The molecule has 0 heterocycles. The Bertz CT molecular complexity index is 389. The first-order chi connectivity index (χ1) is 7.77. The number of carbonyl (C=O) groups is 1. The zero-order chi connectivity index (χ0) is 13.1. The van der Waals surface area contributed by atoms with Crippen molar-refractivity contribution >= 4 is 5.97 Å². The average Bonchev–Trinajstić information content (AvgIpc) is 2.25. The van der Waals surface area contributed by atoms with Crippen molar-refractivity contribution in [3.63, 3.8) is 0 Å². The van der Waals surface area contributed by atoms with E-state index in [0.29, 0.717) is 12.5 Å². The first-order valence-electron chi connectivity index (χ1n) is 4.75. The maximum Gasteiger partial charge on any atom is 0.428 e. The molecule has 0 aliphatic carbocycles. The van der Waals surface area contributed by atoms with Gasteiger partial charge in [-0.05, 0) is 12.5 Å². The van der Waals surface area contributed by atoms with E-state index < -0.39 is 24.4 Å². The molecule has 1 N–H and O–H groups in total. The summed E-state index contributed by atoms with van der Waals surface area (Å²) in [6, 6.07) is 8.07. The summed E-state index contributed by atoms with van der Waals surface area (Å²) in [7, 11) is 0. The van der Waals surface area contributed by atoms with Crippen LogP contribution >= 0.6 is 0 Å². The Morgan fingerprint density at radius 2 is 1.82 bits per heavy atom. The third-order valence-electron chi connectivity index (χ3n) is 2.32. The summed E-state index contributed by atoms with van der Waals surface area (Å²) in [4.78, 5) is 10.6. The molecule has 6 heteroatoms. The highest BCUT2D eigenvalue weighted by Gasteiger charge is 2.58. The molecule has 94 valence electrons. The van der Waals surface area contributed by atoms with Crippen LogP contribution < -0.4 is 0 Å². The largest absolute Gasteiger partial charge is 0.479 e. The van der Waals surface area contributed by atoms with E-state index in [2.05, 4.69) is 4.74 Å². The summed E-state index contributed by atoms with van der Waals surface area (Å²) in [6.45, 7) is 0.0847. The van der Waals surface area contributed by atoms with Crippen LogP contribution in [-0.2, 0) is 16.1 Å². The third-order valence-corrected chi connectivity index (χ3v) is 2.32. The minimum atomic E-state index is -4.96. The summed E-state index contributed by atoms with van der Waals surface area (Å²) < 4.78 is 42.2. The Kier molecular flexibility index (Phi) is 3.77. The van der Waals surface area contributed by atoms with Crippen LogP contribution in [-0.4, -0.2) is 22.9 Å². The quantitative estimate of drug-likeness (QED) is 0.890. The first kappa shape index (κ1) is 13.5. The molecule has 17 heavy (non-hydrogen) atoms. The lowest BCUT2D eigenvalue weighted by Crippen LogP contribution is -2.51. The minimum Gasteiger partial charge on any atom is -0.479 e. The number of rotatable bonds is 4. The molecule has 0 radical (unpaired) electrons. The Labute approximate surface area is 95.8 Å². The molecule has 0 fully saturated rings. The number of alkyl halides is 3. The minimum absolute atomic E-state index is 0.414. The van der Waals surface area contributed by atoms with Gasteiger partial charge in [-0.15, -0.1) is 0 Å². The van der Waals surface area contributed by atoms with E-state index in [1.807, 2.05) is 0 Å². The molecule has 0 aromatic heterocycles. The number of carboxylic acids is 1. The predicted molar refractivity (Wildman–Crippen MR) is 53.3 cm³/mol. The maximum absolute atomic E-state index is 12.6. The average molecular weight is 248 g/mol. The van der Waals surface area contributed by atoms with Gasteiger partial charge in [0, 0.05) is 0 Å². The van der Waals surface area contributed by atoms with Crippen LogP contribution in [0.5, 0.6) is 0 Å². The summed E-state index contributed by atoms with van der Waals surface area (Å²) in [5, 5.41) is 8.60. The number of halogens is 3. The van der Waals surface area contributed by atoms with Gasteiger partial charge in [0.05, 0.1) is 6.61 Å². The summed E-state index contributed by atoms with van der Waals surface area (Å²) in [5.74, 6) is -2.05. The topological polar surface area (TPSA) is 46.5 Å². The number of carboxylic acid groups (broad SMARTS) is 1. The third kappa shape index (κ3) is 2.97. The van der Waals surface area contributed by atoms with Gasteiger partial charge in [-0.3, -0.25) is 0 Å². The normalized spacial score (nSPS) is 15.3. The number of aliphatic carboxylic acids is 1. The van der Waals surface area contributed by atoms with E-state index in [-0.39, 0.29) is 0 Å². The molecule has 1 atom stereocenters. The molecular formula is C11H11F3O3. The van der Waals surface area contributed by atoms with Crippen LogP contribution in [0.3, 0.4) is 0 Å². The smallest absolute Gasteiger partial charge is 0.428 e. The Morgan fingerprint density at radius 1 is 1.29 bits per heavy atom. The second-order valence-corrected chi connectivity index (χ2v) is 3.61. The van der Waals surface area contributed by atoms with Crippen molar-refractivity contribution in [2.75, 3.05) is 0 Å². The van der Waals surface area contributed by atoms with Crippen molar-refractivity contribution in [1.82, 2.24) is 0 Å². The van der Waals surface area contributed by atoms with Crippen molar-refractivity contribution in [1.29, 1.82) is 0 Å². The molecule has 0 saturated heterocycles. The van der Waals surface area contributed by atoms with E-state index in [9.17, 15) is 18.0 Å². The van der Waals surface area contributed by atoms with Crippen LogP contribution in [0.15, 0.2) is 30.3 Å². The standard InChI is InChI=1S/C11H11F3O3/c1-10(9(15)16,11(12,13)14)17-7-8-5-3-2-4-6-8/h2-6H,7H2,1H3,(H,15,16)/t10-/m0/s1. The molecule has 1 aromatic rings. The van der Waals surface area contributed by atoms with Gasteiger partial charge in [0.25, 0.3) is 5.60 Å². The fraction of sp³-hybridized carbons (Fsp3) is 0.364. The van der Waals surface area contributed by atoms with Crippen LogP contribution in [0, 0.1) is 0 Å². The molecule has 0 bridgehead atoms. The zero-order valence-electron chi connectivity index (χ0n) is 8.99. The summed E-state index contributed by atoms with van der Waals surface area (Å²) >= 11 is 0. The lowest BCUT2D eigenvalue weighted by molar-refractivity contribution is -0.272. The SMILES string of the molecule is C[C@](OCc1ccccc1)(C(=O)O)C(F)(F)F. The van der Waals surface area contributed by atoms with E-state index in [1.54, 1.807) is 30.3 Å². The van der Waals surface area contributed by atoms with Gasteiger partial charge in [0.2, 0.25) is 0 Å². The van der Waals surface area contributed by atoms with Crippen LogP contribution in [0.4, 0.5) is 13.2 Å². The van der Waals surface area contributed by atoms with Gasteiger partial charge in [0.15, 0.2) is 0 Å². The maximum atomic E-state index is 12.6. The van der Waals surface area contributed by atoms with Gasteiger partial charge in [-0.1, -0.05) is 30.3 Å². The van der Waals surface area contributed by atoms with Crippen molar-refractivity contribution in [2.24, 2.45) is 0 Å². The first-order valence-corrected chi connectivity index (χ1v) is 4.75. The monoisotopic (exact) mass is 248 g/mol. The Balaban J connectivity index is 2.80. The number of ether oxygens (including phenoxy) is 1. The lowest BCUT2D eigenvalue weighted by atomic mass is 10.1. The van der Waals surface area contributed by atoms with Crippen LogP contribution in [0.25, 0.3) is 0 Å². The number of hydrogen-bond acceptors (Lipinski definition) is 2. The lowest BCUT2D eigenvalue weighted by Gasteiger charge is -2.27. The van der Waals surface area contributed by atoms with E-state index in [1.165, 1.54) is 0 Å². The molecule has 0 aliphatic rings. The van der Waals surface area contributed by atoms with Crippen molar-refractivity contribution in [3.05, 3.63) is 35.9 Å². The molecular weight excluding hydrogens is 237 g/mol. The Morgan fingerprint density at radius 3 is 2.24 bits per heavy atom. The second kappa shape index (κ2) is 4.75. The number of hydrogen-bond donors (Lipinski definition) is 1. The molecule has 0 unspecified atom stereocenters. The van der Waals surface area contributed by atoms with Gasteiger partial charge in [-0.2, -0.15) is 13.2 Å². The van der Waals surface area contributed by atoms with E-state index in [4.69, 9.17) is 5.11 Å². The molecule has 0 aliphatic heterocycles. The molecule has 0 saturated carbocycles. The Hall–Kier alpha value is -1.56. The molecule has 3 nitrogen and oxygen atoms in total. The summed E-state index contributed by atoms with van der Waals surface area (Å²) in [5.41, 5.74) is -2.72. The fourth-order valence-corrected chi connectivity index (χ4v) is 1.07. The predicted octanol–water partition coefficient (Wildman–Crippen LogP) is 2.61. The van der Waals surface area contributed by atoms with Crippen LogP contribution in [0.2, 0.25) is 0 Å². The van der Waals surface area contributed by atoms with Crippen LogP contribution in [0.1, 0.15) is 12.5 Å². The fourth-order valence-electron chi connectivity index (χ4n) is 1.07. The molecule has 0 spiro atoms. The highest BCUT2D eigenvalue weighted by Crippen LogP contribution is 2.34. The highest BCUT2D eigenvalue weighted by molar-refractivity contribution is 5.78. The number of benzene rings is 1. The van der Waals surface area contributed by atoms with Gasteiger partial charge in [0.1, 0.15) is 0 Å². The van der Waals surface area contributed by atoms with Gasteiger partial charge >= 0.3 is 12.1 Å². The molecule has 1 aromatic carbocycles. The molecule has 1 rings (SSSR count). The van der Waals surface area contributed by atoms with E-state index in [0.717, 1.165) is 0 Å². The van der Waals surface area contributed by atoms with E-state index >= 15 is 0 Å². The van der Waals surface area contributed by atoms with Crippen molar-refractivity contribution in [2.45, 2.75) is 25.3 Å². The zero-order valence-corrected chi connectivity index (χ0v) is 8.99. The summed E-state index contributed by atoms with van der Waals surface area (Å²) in [6.07, 6.45) is -4.96. The molecule has 0 amide bonds. The van der Waals surface area contributed by atoms with Gasteiger partial charge in [-0.25, -0.2) is 4.79 Å². The van der Waals surface area contributed by atoms with Crippen molar-refractivity contribution in [3.8, 4) is 0 Å². The van der Waals surface area contributed by atoms with Gasteiger partial charge < -0.3 is 9.84 Å². The second-order valence-electron chi connectivity index (χ2n) is 3.61.